The van der Waals surface area contributed by atoms with E-state index in [1.54, 1.807) is 0 Å². The number of nitrogens with one attached hydrogen (secondary N) is 2. The Kier molecular flexibility index (Phi) is 7.05. The molecule has 0 saturated heterocycles. The number of aromatic nitrogens is 1. The van der Waals surface area contributed by atoms with Crippen molar-refractivity contribution in [2.24, 2.45) is 5.92 Å². The molecule has 0 aliphatic rings. The normalized spacial score (nSPS) is 10.7. The lowest BCUT2D eigenvalue weighted by atomic mass is 10.0. The van der Waals surface area contributed by atoms with E-state index in [1.165, 1.54) is 0 Å². The molecule has 1 aromatic heterocycles. The molecule has 1 heterocycles. The van der Waals surface area contributed by atoms with Crippen molar-refractivity contribution in [3.63, 3.8) is 0 Å². The van der Waals surface area contributed by atoms with Crippen molar-refractivity contribution in [1.82, 2.24) is 10.3 Å². The Balaban J connectivity index is 2.78. The first kappa shape index (κ1) is 16.5. The minimum Gasteiger partial charge on any atom is -0.370 e. The van der Waals surface area contributed by atoms with Crippen LogP contribution in [0.15, 0.2) is 12.1 Å². The van der Waals surface area contributed by atoms with Crippen molar-refractivity contribution in [3.05, 3.63) is 23.4 Å². The summed E-state index contributed by atoms with van der Waals surface area (Å²) >= 11 is 0. The Morgan fingerprint density at radius 3 is 2.45 bits per heavy atom. The summed E-state index contributed by atoms with van der Waals surface area (Å²) in [5.74, 6) is 1.33. The van der Waals surface area contributed by atoms with E-state index in [9.17, 15) is 4.79 Å². The van der Waals surface area contributed by atoms with Crippen LogP contribution in [0.25, 0.3) is 0 Å². The third-order valence-electron chi connectivity index (χ3n) is 3.57. The lowest BCUT2D eigenvalue weighted by Gasteiger charge is -2.14. The monoisotopic (exact) mass is 277 g/mol. The second kappa shape index (κ2) is 8.56. The third kappa shape index (κ3) is 4.83. The summed E-state index contributed by atoms with van der Waals surface area (Å²) in [6.45, 7) is 9.93. The Hall–Kier alpha value is -1.58. The molecule has 4 nitrogen and oxygen atoms in total. The number of aryl methyl sites for hydroxylation is 1. The fraction of sp³-hybridized carbons (Fsp3) is 0.625. The maximum atomic E-state index is 12.2. The van der Waals surface area contributed by atoms with E-state index >= 15 is 0 Å². The zero-order chi connectivity index (χ0) is 15.0. The van der Waals surface area contributed by atoms with Gasteiger partial charge in [0.2, 0.25) is 0 Å². The van der Waals surface area contributed by atoms with Gasteiger partial charge in [-0.15, -0.1) is 0 Å². The number of hydrogen-bond acceptors (Lipinski definition) is 3. The average molecular weight is 277 g/mol. The minimum atomic E-state index is -0.00634. The Bertz CT molecular complexity index is 428. The highest BCUT2D eigenvalue weighted by atomic mass is 16.1. The van der Waals surface area contributed by atoms with E-state index in [-0.39, 0.29) is 5.91 Å². The van der Waals surface area contributed by atoms with Crippen LogP contribution in [0.4, 0.5) is 5.82 Å². The van der Waals surface area contributed by atoms with Crippen LogP contribution in [0, 0.1) is 5.92 Å². The number of anilines is 1. The lowest BCUT2D eigenvalue weighted by Crippen LogP contribution is -2.29. The lowest BCUT2D eigenvalue weighted by molar-refractivity contribution is 0.0946. The predicted molar refractivity (Wildman–Crippen MR) is 84.2 cm³/mol. The highest BCUT2D eigenvalue weighted by molar-refractivity contribution is 5.95. The number of amides is 1. The molecule has 0 atom stereocenters. The zero-order valence-electron chi connectivity index (χ0n) is 13.1. The maximum absolute atomic E-state index is 12.2. The molecule has 0 aromatic carbocycles. The van der Waals surface area contributed by atoms with Crippen molar-refractivity contribution in [2.75, 3.05) is 18.4 Å². The third-order valence-corrected chi connectivity index (χ3v) is 3.57. The first-order valence-corrected chi connectivity index (χ1v) is 7.67. The fourth-order valence-corrected chi connectivity index (χ4v) is 2.09. The first-order chi connectivity index (χ1) is 9.64. The first-order valence-electron chi connectivity index (χ1n) is 7.67. The molecule has 1 aromatic rings. The molecule has 0 aliphatic heterocycles. The van der Waals surface area contributed by atoms with E-state index in [2.05, 4.69) is 29.5 Å². The predicted octanol–water partition coefficient (Wildman–Crippen LogP) is 3.24. The van der Waals surface area contributed by atoms with Crippen molar-refractivity contribution < 1.29 is 4.79 Å². The molecule has 1 amide bonds. The summed E-state index contributed by atoms with van der Waals surface area (Å²) in [5.41, 5.74) is 1.63. The van der Waals surface area contributed by atoms with Gasteiger partial charge >= 0.3 is 0 Å². The van der Waals surface area contributed by atoms with Crippen molar-refractivity contribution in [3.8, 4) is 0 Å². The number of carbonyl (C=O) groups is 1. The zero-order valence-corrected chi connectivity index (χ0v) is 13.1. The van der Waals surface area contributed by atoms with Crippen LogP contribution in [-0.4, -0.2) is 24.0 Å². The molecule has 112 valence electrons. The molecule has 4 heteroatoms. The van der Waals surface area contributed by atoms with E-state index in [4.69, 9.17) is 0 Å². The van der Waals surface area contributed by atoms with Gasteiger partial charge in [0.15, 0.2) is 0 Å². The summed E-state index contributed by atoms with van der Waals surface area (Å²) in [6, 6.07) is 3.70. The SMILES string of the molecule is CCNc1cc(C(=O)NCC(CC)CC)cc(CC)n1. The summed E-state index contributed by atoms with van der Waals surface area (Å²) in [7, 11) is 0. The van der Waals surface area contributed by atoms with Crippen LogP contribution < -0.4 is 10.6 Å². The van der Waals surface area contributed by atoms with Gasteiger partial charge in [-0.3, -0.25) is 4.79 Å². The highest BCUT2D eigenvalue weighted by Gasteiger charge is 2.11. The molecule has 0 spiro atoms. The number of hydrogen-bond donors (Lipinski definition) is 2. The molecule has 0 aliphatic carbocycles. The molecule has 0 saturated carbocycles. The largest absolute Gasteiger partial charge is 0.370 e. The fourth-order valence-electron chi connectivity index (χ4n) is 2.09. The van der Waals surface area contributed by atoms with Gasteiger partial charge in [-0.25, -0.2) is 4.98 Å². The molecule has 20 heavy (non-hydrogen) atoms. The van der Waals surface area contributed by atoms with Gasteiger partial charge in [0.1, 0.15) is 5.82 Å². The number of pyridine rings is 1. The second-order valence-corrected chi connectivity index (χ2v) is 5.01. The molecule has 0 radical (unpaired) electrons. The molecule has 1 rings (SSSR count). The summed E-state index contributed by atoms with van der Waals surface area (Å²) < 4.78 is 0. The van der Waals surface area contributed by atoms with Crippen LogP contribution in [-0.2, 0) is 6.42 Å². The van der Waals surface area contributed by atoms with E-state index in [1.807, 2.05) is 26.0 Å². The summed E-state index contributed by atoms with van der Waals surface area (Å²) in [5, 5.41) is 6.20. The van der Waals surface area contributed by atoms with Crippen molar-refractivity contribution in [1.29, 1.82) is 0 Å². The smallest absolute Gasteiger partial charge is 0.251 e. The minimum absolute atomic E-state index is 0.00634. The van der Waals surface area contributed by atoms with Crippen molar-refractivity contribution in [2.45, 2.75) is 47.0 Å². The van der Waals surface area contributed by atoms with E-state index < -0.39 is 0 Å². The van der Waals surface area contributed by atoms with Crippen LogP contribution in [0.3, 0.4) is 0 Å². The molecule has 2 N–H and O–H groups in total. The maximum Gasteiger partial charge on any atom is 0.251 e. The van der Waals surface area contributed by atoms with E-state index in [0.717, 1.165) is 43.9 Å². The standard InChI is InChI=1S/C16H27N3O/c1-5-12(6-2)11-18-16(20)13-9-14(7-3)19-15(10-13)17-8-4/h9-10,12H,5-8,11H2,1-4H3,(H,17,19)(H,18,20). The highest BCUT2D eigenvalue weighted by Crippen LogP contribution is 2.12. The van der Waals surface area contributed by atoms with Gasteiger partial charge in [-0.2, -0.15) is 0 Å². The Morgan fingerprint density at radius 2 is 1.90 bits per heavy atom. The number of nitrogens with zero attached hydrogens (tertiary/aromatic N) is 1. The molecule has 0 unspecified atom stereocenters. The van der Waals surface area contributed by atoms with Crippen LogP contribution >= 0.6 is 0 Å². The van der Waals surface area contributed by atoms with Gasteiger partial charge < -0.3 is 10.6 Å². The Labute approximate surface area is 122 Å². The molecular formula is C16H27N3O. The summed E-state index contributed by atoms with van der Waals surface area (Å²) in [6.07, 6.45) is 3.01. The second-order valence-electron chi connectivity index (χ2n) is 5.01. The molecule has 0 bridgehead atoms. The molecule has 0 fully saturated rings. The van der Waals surface area contributed by atoms with Gasteiger partial charge in [0, 0.05) is 24.3 Å². The number of carbonyl (C=O) groups excluding carboxylic acids is 1. The average Bonchev–Trinajstić information content (AvgIpc) is 2.48. The van der Waals surface area contributed by atoms with Gasteiger partial charge in [0.25, 0.3) is 5.91 Å². The Morgan fingerprint density at radius 1 is 1.20 bits per heavy atom. The van der Waals surface area contributed by atoms with Crippen LogP contribution in [0.2, 0.25) is 0 Å². The van der Waals surface area contributed by atoms with Crippen LogP contribution in [0.1, 0.15) is 56.6 Å². The van der Waals surface area contributed by atoms with Gasteiger partial charge in [-0.05, 0) is 31.4 Å². The van der Waals surface area contributed by atoms with E-state index in [0.29, 0.717) is 11.5 Å². The number of rotatable bonds is 8. The summed E-state index contributed by atoms with van der Waals surface area (Å²) in [4.78, 5) is 16.7. The molecular weight excluding hydrogens is 250 g/mol. The van der Waals surface area contributed by atoms with Crippen LogP contribution in [0.5, 0.6) is 0 Å². The van der Waals surface area contributed by atoms with Crippen molar-refractivity contribution >= 4 is 11.7 Å². The van der Waals surface area contributed by atoms with Gasteiger partial charge in [0.05, 0.1) is 0 Å². The van der Waals surface area contributed by atoms with Gasteiger partial charge in [-0.1, -0.05) is 33.6 Å². The topological polar surface area (TPSA) is 54.0 Å². The quantitative estimate of drug-likeness (QED) is 0.767.